The molecule has 0 radical (unpaired) electrons. The Labute approximate surface area is 110 Å². The van der Waals surface area contributed by atoms with Crippen molar-refractivity contribution in [3.05, 3.63) is 22.2 Å². The van der Waals surface area contributed by atoms with Gasteiger partial charge in [-0.15, -0.1) is 0 Å². The van der Waals surface area contributed by atoms with Gasteiger partial charge in [0.25, 0.3) is 0 Å². The van der Waals surface area contributed by atoms with Crippen LogP contribution in [0.4, 0.5) is 0 Å². The molecule has 96 valence electrons. The molecule has 3 rings (SSSR count). The summed E-state index contributed by atoms with van der Waals surface area (Å²) in [5, 5.41) is 0.548. The summed E-state index contributed by atoms with van der Waals surface area (Å²) < 4.78 is 10.9. The van der Waals surface area contributed by atoms with E-state index in [1.54, 1.807) is 6.07 Å². The molecule has 0 bridgehead atoms. The maximum Gasteiger partial charge on any atom is 0.231 e. The first-order valence-electron chi connectivity index (χ1n) is 6.00. The van der Waals surface area contributed by atoms with E-state index in [0.29, 0.717) is 28.6 Å². The quantitative estimate of drug-likeness (QED) is 0.854. The molecule has 0 unspecified atom stereocenters. The predicted octanol–water partition coefficient (Wildman–Crippen LogP) is 2.26. The van der Waals surface area contributed by atoms with Crippen LogP contribution < -0.4 is 15.2 Å². The first kappa shape index (κ1) is 11.8. The van der Waals surface area contributed by atoms with Gasteiger partial charge in [-0.2, -0.15) is 0 Å². The lowest BCUT2D eigenvalue weighted by atomic mass is 9.64. The number of nitrogens with two attached hydrogens (primary N) is 1. The molecule has 4 nitrogen and oxygen atoms in total. The van der Waals surface area contributed by atoms with Crippen molar-refractivity contribution >= 4 is 17.9 Å². The first-order valence-corrected chi connectivity index (χ1v) is 6.37. The molecule has 1 saturated carbocycles. The molecule has 1 heterocycles. The number of ether oxygens (including phenoxy) is 2. The molecule has 2 N–H and O–H groups in total. The van der Waals surface area contributed by atoms with Gasteiger partial charge in [0.15, 0.2) is 17.8 Å². The lowest BCUT2D eigenvalue weighted by Crippen LogP contribution is -2.42. The van der Waals surface area contributed by atoms with Gasteiger partial charge in [0.2, 0.25) is 6.79 Å². The molecule has 18 heavy (non-hydrogen) atoms. The Morgan fingerprint density at radius 2 is 2.11 bits per heavy atom. The Balaban J connectivity index is 2.21. The van der Waals surface area contributed by atoms with Crippen LogP contribution in [0.25, 0.3) is 0 Å². The zero-order valence-corrected chi connectivity index (χ0v) is 10.6. The Hall–Kier alpha value is -1.26. The van der Waals surface area contributed by atoms with Crippen molar-refractivity contribution < 1.29 is 14.3 Å². The molecule has 5 heteroatoms. The largest absolute Gasteiger partial charge is 0.453 e. The van der Waals surface area contributed by atoms with Crippen LogP contribution in [0.3, 0.4) is 0 Å². The summed E-state index contributed by atoms with van der Waals surface area (Å²) in [6, 6.07) is 1.65. The van der Waals surface area contributed by atoms with Crippen LogP contribution in [0.5, 0.6) is 11.5 Å². The zero-order chi connectivity index (χ0) is 12.8. The van der Waals surface area contributed by atoms with Gasteiger partial charge in [-0.05, 0) is 18.9 Å². The van der Waals surface area contributed by atoms with Crippen LogP contribution in [-0.4, -0.2) is 19.6 Å². The molecule has 0 saturated heterocycles. The van der Waals surface area contributed by atoms with Gasteiger partial charge in [0.05, 0.1) is 5.56 Å². The van der Waals surface area contributed by atoms with E-state index in [4.69, 9.17) is 26.8 Å². The number of rotatable bonds is 3. The van der Waals surface area contributed by atoms with Crippen molar-refractivity contribution in [2.45, 2.75) is 24.7 Å². The van der Waals surface area contributed by atoms with Crippen LogP contribution in [0, 0.1) is 0 Å². The molecule has 1 aromatic carbocycles. The molecule has 1 aliphatic heterocycles. The van der Waals surface area contributed by atoms with Gasteiger partial charge < -0.3 is 15.2 Å². The summed E-state index contributed by atoms with van der Waals surface area (Å²) in [5.74, 6) is 1.11. The third kappa shape index (κ3) is 1.45. The average molecular weight is 268 g/mol. The summed E-state index contributed by atoms with van der Waals surface area (Å²) in [7, 11) is 0. The Bertz CT molecular complexity index is 506. The number of hydrogen-bond acceptors (Lipinski definition) is 4. The fourth-order valence-corrected chi connectivity index (χ4v) is 3.21. The van der Waals surface area contributed by atoms with E-state index in [-0.39, 0.29) is 12.2 Å². The van der Waals surface area contributed by atoms with Crippen LogP contribution in [0.1, 0.15) is 35.2 Å². The molecule has 0 spiro atoms. The number of carbonyl (C=O) groups is 1. The number of aldehydes is 1. The summed E-state index contributed by atoms with van der Waals surface area (Å²) in [4.78, 5) is 11.0. The molecule has 2 aliphatic rings. The van der Waals surface area contributed by atoms with E-state index in [1.807, 2.05) is 0 Å². The SMILES string of the molecule is NCC1(c2c(Cl)cc(C=O)c3c2OCO3)CCC1. The minimum atomic E-state index is -0.115. The standard InChI is InChI=1S/C13H14ClNO3/c14-9-4-8(5-16)11-12(18-7-17-11)10(9)13(6-15)2-1-3-13/h4-5H,1-3,6-7,15H2. The highest BCUT2D eigenvalue weighted by atomic mass is 35.5. The molecular weight excluding hydrogens is 254 g/mol. The normalized spacial score (nSPS) is 19.4. The Morgan fingerprint density at radius 1 is 1.39 bits per heavy atom. The second-order valence-corrected chi connectivity index (χ2v) is 5.25. The highest BCUT2D eigenvalue weighted by Gasteiger charge is 2.43. The van der Waals surface area contributed by atoms with Crippen molar-refractivity contribution in [2.75, 3.05) is 13.3 Å². The van der Waals surface area contributed by atoms with E-state index < -0.39 is 0 Å². The Morgan fingerprint density at radius 3 is 2.67 bits per heavy atom. The van der Waals surface area contributed by atoms with E-state index in [1.165, 1.54) is 0 Å². The smallest absolute Gasteiger partial charge is 0.231 e. The predicted molar refractivity (Wildman–Crippen MR) is 67.5 cm³/mol. The van der Waals surface area contributed by atoms with E-state index in [2.05, 4.69) is 0 Å². The van der Waals surface area contributed by atoms with E-state index >= 15 is 0 Å². The third-order valence-electron chi connectivity index (χ3n) is 3.98. The number of halogens is 1. The van der Waals surface area contributed by atoms with Crippen molar-refractivity contribution in [3.63, 3.8) is 0 Å². The molecule has 1 aromatic rings. The van der Waals surface area contributed by atoms with Crippen molar-refractivity contribution in [1.29, 1.82) is 0 Å². The van der Waals surface area contributed by atoms with Gasteiger partial charge in [-0.3, -0.25) is 4.79 Å². The zero-order valence-electron chi connectivity index (χ0n) is 9.87. The number of carbonyl (C=O) groups excluding carboxylic acids is 1. The van der Waals surface area contributed by atoms with Crippen molar-refractivity contribution in [3.8, 4) is 11.5 Å². The highest BCUT2D eigenvalue weighted by Crippen LogP contribution is 2.53. The average Bonchev–Trinajstić information content (AvgIpc) is 2.79. The van der Waals surface area contributed by atoms with Crippen molar-refractivity contribution in [2.24, 2.45) is 5.73 Å². The molecule has 0 aromatic heterocycles. The summed E-state index contributed by atoms with van der Waals surface area (Å²) >= 11 is 6.32. The van der Waals surface area contributed by atoms with Gasteiger partial charge in [0, 0.05) is 22.5 Å². The summed E-state index contributed by atoms with van der Waals surface area (Å²) in [6.45, 7) is 0.660. The second-order valence-electron chi connectivity index (χ2n) is 4.84. The molecule has 0 amide bonds. The van der Waals surface area contributed by atoms with E-state index in [0.717, 1.165) is 31.1 Å². The first-order chi connectivity index (χ1) is 8.72. The van der Waals surface area contributed by atoms with Gasteiger partial charge in [-0.25, -0.2) is 0 Å². The Kier molecular flexibility index (Phi) is 2.72. The maximum atomic E-state index is 11.0. The van der Waals surface area contributed by atoms with Crippen LogP contribution in [0.15, 0.2) is 6.07 Å². The maximum absolute atomic E-state index is 11.0. The van der Waals surface area contributed by atoms with Gasteiger partial charge in [-0.1, -0.05) is 18.0 Å². The lowest BCUT2D eigenvalue weighted by Gasteiger charge is -2.42. The fourth-order valence-electron chi connectivity index (χ4n) is 2.80. The molecular formula is C13H14ClNO3. The molecule has 0 atom stereocenters. The lowest BCUT2D eigenvalue weighted by molar-refractivity contribution is 0.111. The topological polar surface area (TPSA) is 61.6 Å². The van der Waals surface area contributed by atoms with E-state index in [9.17, 15) is 4.79 Å². The highest BCUT2D eigenvalue weighted by molar-refractivity contribution is 6.32. The number of benzene rings is 1. The summed E-state index contributed by atoms with van der Waals surface area (Å²) in [5.41, 5.74) is 7.14. The van der Waals surface area contributed by atoms with Gasteiger partial charge in [0.1, 0.15) is 0 Å². The van der Waals surface area contributed by atoms with Crippen LogP contribution >= 0.6 is 11.6 Å². The molecule has 1 aliphatic carbocycles. The summed E-state index contributed by atoms with van der Waals surface area (Å²) in [6.07, 6.45) is 3.87. The van der Waals surface area contributed by atoms with Crippen LogP contribution in [0.2, 0.25) is 5.02 Å². The van der Waals surface area contributed by atoms with Crippen LogP contribution in [-0.2, 0) is 5.41 Å². The minimum absolute atomic E-state index is 0.115. The van der Waals surface area contributed by atoms with Gasteiger partial charge >= 0.3 is 0 Å². The second kappa shape index (κ2) is 4.14. The van der Waals surface area contributed by atoms with Crippen molar-refractivity contribution in [1.82, 2.24) is 0 Å². The minimum Gasteiger partial charge on any atom is -0.453 e. The molecule has 1 fully saturated rings. The number of hydrogen-bond donors (Lipinski definition) is 1. The third-order valence-corrected chi connectivity index (χ3v) is 4.28. The number of fused-ring (bicyclic) bond motifs is 1. The fraction of sp³-hybridized carbons (Fsp3) is 0.462. The monoisotopic (exact) mass is 267 g/mol.